The van der Waals surface area contributed by atoms with Crippen molar-refractivity contribution in [2.45, 2.75) is 24.8 Å². The average molecular weight is 450 g/mol. The smallest absolute Gasteiger partial charge is 0.410 e. The minimum Gasteiger partial charge on any atom is -0.480 e. The van der Waals surface area contributed by atoms with E-state index in [1.54, 1.807) is 12.1 Å². The minimum atomic E-state index is -1.06. The van der Waals surface area contributed by atoms with Crippen LogP contribution in [0.15, 0.2) is 72.8 Å². The van der Waals surface area contributed by atoms with Gasteiger partial charge in [-0.25, -0.2) is 9.59 Å². The number of carboxylic acids is 1. The molecule has 6 heteroatoms. The number of carboxylic acid groups (broad SMARTS) is 1. The van der Waals surface area contributed by atoms with Crippen LogP contribution in [0.5, 0.6) is 0 Å². The molecule has 0 radical (unpaired) electrons. The Kier molecular flexibility index (Phi) is 6.47. The Balaban J connectivity index is 1.42. The minimum absolute atomic E-state index is 0.0721. The largest absolute Gasteiger partial charge is 0.480 e. The lowest BCUT2D eigenvalue weighted by molar-refractivity contribution is -0.142. The normalized spacial score (nSPS) is 13.2. The predicted molar refractivity (Wildman–Crippen MR) is 124 cm³/mol. The summed E-state index contributed by atoms with van der Waals surface area (Å²) in [4.78, 5) is 25.8. The highest BCUT2D eigenvalue weighted by Crippen LogP contribution is 2.44. The first kappa shape index (κ1) is 21.9. The van der Waals surface area contributed by atoms with Crippen LogP contribution in [0.3, 0.4) is 0 Å². The van der Waals surface area contributed by atoms with Crippen LogP contribution in [0.25, 0.3) is 11.1 Å². The Bertz CT molecular complexity index is 1080. The fourth-order valence-corrected chi connectivity index (χ4v) is 4.39. The number of hydrogen-bond donors (Lipinski definition) is 1. The summed E-state index contributed by atoms with van der Waals surface area (Å²) in [7, 11) is 1.47. The van der Waals surface area contributed by atoms with Crippen molar-refractivity contribution < 1.29 is 19.4 Å². The summed E-state index contributed by atoms with van der Waals surface area (Å²) in [6.07, 6.45) is 0.141. The molecule has 1 unspecified atom stereocenters. The van der Waals surface area contributed by atoms with Crippen LogP contribution in [0.4, 0.5) is 4.79 Å². The summed E-state index contributed by atoms with van der Waals surface area (Å²) in [5.41, 5.74) is 5.47. The highest BCUT2D eigenvalue weighted by atomic mass is 35.5. The number of halogens is 1. The number of fused-ring (bicyclic) bond motifs is 3. The summed E-state index contributed by atoms with van der Waals surface area (Å²) >= 11 is 5.91. The van der Waals surface area contributed by atoms with E-state index in [-0.39, 0.29) is 18.9 Å². The Hall–Kier alpha value is -3.31. The Morgan fingerprint density at radius 3 is 2.09 bits per heavy atom. The van der Waals surface area contributed by atoms with E-state index in [9.17, 15) is 14.7 Å². The van der Waals surface area contributed by atoms with E-state index in [4.69, 9.17) is 16.3 Å². The van der Waals surface area contributed by atoms with E-state index in [0.717, 1.165) is 27.8 Å². The molecule has 1 N–H and O–H groups in total. The number of nitrogens with zero attached hydrogens (tertiary/aromatic N) is 1. The fraction of sp³-hybridized carbons (Fsp3) is 0.231. The van der Waals surface area contributed by atoms with Gasteiger partial charge in [0, 0.05) is 18.0 Å². The van der Waals surface area contributed by atoms with E-state index in [1.807, 2.05) is 48.5 Å². The number of aliphatic carboxylic acids is 1. The van der Waals surface area contributed by atoms with Crippen molar-refractivity contribution in [1.29, 1.82) is 0 Å². The van der Waals surface area contributed by atoms with Crippen molar-refractivity contribution in [1.82, 2.24) is 4.90 Å². The third-order valence-electron chi connectivity index (χ3n) is 6.00. The molecule has 0 spiro atoms. The van der Waals surface area contributed by atoms with Gasteiger partial charge in [0.15, 0.2) is 0 Å². The Morgan fingerprint density at radius 1 is 0.969 bits per heavy atom. The summed E-state index contributed by atoms with van der Waals surface area (Å²) in [5.74, 6) is -1.13. The van der Waals surface area contributed by atoms with Gasteiger partial charge in [-0.05, 0) is 52.8 Å². The van der Waals surface area contributed by atoms with Gasteiger partial charge in [-0.2, -0.15) is 0 Å². The molecule has 1 aliphatic carbocycles. The fourth-order valence-electron chi connectivity index (χ4n) is 4.26. The number of benzene rings is 3. The second-order valence-electron chi connectivity index (χ2n) is 7.93. The van der Waals surface area contributed by atoms with Crippen molar-refractivity contribution >= 4 is 23.7 Å². The van der Waals surface area contributed by atoms with Crippen LogP contribution in [0.1, 0.15) is 29.0 Å². The molecule has 0 aliphatic heterocycles. The van der Waals surface area contributed by atoms with Crippen molar-refractivity contribution in [3.8, 4) is 11.1 Å². The van der Waals surface area contributed by atoms with Gasteiger partial charge < -0.3 is 9.84 Å². The zero-order valence-corrected chi connectivity index (χ0v) is 18.5. The van der Waals surface area contributed by atoms with Gasteiger partial charge in [0.05, 0.1) is 0 Å². The Labute approximate surface area is 192 Å². The second-order valence-corrected chi connectivity index (χ2v) is 8.37. The van der Waals surface area contributed by atoms with Crippen LogP contribution in [-0.2, 0) is 16.0 Å². The zero-order valence-electron chi connectivity index (χ0n) is 17.7. The van der Waals surface area contributed by atoms with E-state index < -0.39 is 18.1 Å². The first-order chi connectivity index (χ1) is 15.5. The molecule has 3 aromatic carbocycles. The lowest BCUT2D eigenvalue weighted by atomic mass is 9.98. The molecule has 1 atom stereocenters. The van der Waals surface area contributed by atoms with E-state index in [0.29, 0.717) is 11.4 Å². The summed E-state index contributed by atoms with van der Waals surface area (Å²) in [6, 6.07) is 22.4. The molecule has 5 nitrogen and oxygen atoms in total. The van der Waals surface area contributed by atoms with Gasteiger partial charge in [-0.15, -0.1) is 0 Å². The first-order valence-electron chi connectivity index (χ1n) is 10.5. The van der Waals surface area contributed by atoms with E-state index in [1.165, 1.54) is 11.9 Å². The van der Waals surface area contributed by atoms with Crippen molar-refractivity contribution in [3.05, 3.63) is 94.5 Å². The molecule has 1 aliphatic rings. The SMILES string of the molecule is CN(C(=O)OCC1c2ccccc2-c2ccccc21)C(CCc1ccc(Cl)cc1)C(=O)O. The zero-order chi connectivity index (χ0) is 22.7. The van der Waals surface area contributed by atoms with Gasteiger partial charge in [0.2, 0.25) is 0 Å². The maximum Gasteiger partial charge on any atom is 0.410 e. The van der Waals surface area contributed by atoms with Crippen molar-refractivity contribution in [2.24, 2.45) is 0 Å². The predicted octanol–water partition coefficient (Wildman–Crippen LogP) is 5.61. The topological polar surface area (TPSA) is 66.8 Å². The van der Waals surface area contributed by atoms with Gasteiger partial charge in [0.1, 0.15) is 12.6 Å². The maximum atomic E-state index is 12.7. The van der Waals surface area contributed by atoms with Gasteiger partial charge in [-0.1, -0.05) is 72.3 Å². The average Bonchev–Trinajstić information content (AvgIpc) is 3.12. The Morgan fingerprint density at radius 2 is 1.53 bits per heavy atom. The molecule has 0 aromatic heterocycles. The van der Waals surface area contributed by atoms with E-state index >= 15 is 0 Å². The van der Waals surface area contributed by atoms with Gasteiger partial charge in [0.25, 0.3) is 0 Å². The van der Waals surface area contributed by atoms with Crippen LogP contribution in [0, 0.1) is 0 Å². The molecule has 32 heavy (non-hydrogen) atoms. The molecular formula is C26H24ClNO4. The highest BCUT2D eigenvalue weighted by Gasteiger charge is 2.31. The van der Waals surface area contributed by atoms with Crippen LogP contribution in [-0.4, -0.2) is 41.8 Å². The summed E-state index contributed by atoms with van der Waals surface area (Å²) in [6.45, 7) is 0.153. The standard InChI is InChI=1S/C26H24ClNO4/c1-28(24(25(29)30)15-12-17-10-13-18(27)14-11-17)26(31)32-16-23-21-8-4-2-6-19(21)20-7-3-5-9-22(20)23/h2-11,13-14,23-24H,12,15-16H2,1H3,(H,29,30). The highest BCUT2D eigenvalue weighted by molar-refractivity contribution is 6.30. The second kappa shape index (κ2) is 9.45. The lowest BCUT2D eigenvalue weighted by Crippen LogP contribution is -2.43. The molecule has 0 saturated carbocycles. The monoisotopic (exact) mass is 449 g/mol. The molecule has 0 bridgehead atoms. The van der Waals surface area contributed by atoms with Crippen LogP contribution in [0.2, 0.25) is 5.02 Å². The number of rotatable bonds is 7. The number of carbonyl (C=O) groups is 2. The number of carbonyl (C=O) groups excluding carboxylic acids is 1. The van der Waals surface area contributed by atoms with E-state index in [2.05, 4.69) is 12.1 Å². The van der Waals surface area contributed by atoms with Crippen molar-refractivity contribution in [3.63, 3.8) is 0 Å². The molecular weight excluding hydrogens is 426 g/mol. The third kappa shape index (κ3) is 4.48. The molecule has 3 aromatic rings. The molecule has 1 amide bonds. The first-order valence-corrected chi connectivity index (χ1v) is 10.9. The number of amides is 1. The molecule has 0 saturated heterocycles. The number of ether oxygens (including phenoxy) is 1. The van der Waals surface area contributed by atoms with Crippen molar-refractivity contribution in [2.75, 3.05) is 13.7 Å². The van der Waals surface area contributed by atoms with Crippen LogP contribution < -0.4 is 0 Å². The summed E-state index contributed by atoms with van der Waals surface area (Å²) < 4.78 is 5.61. The summed E-state index contributed by atoms with van der Waals surface area (Å²) in [5, 5.41) is 10.3. The molecule has 0 fully saturated rings. The lowest BCUT2D eigenvalue weighted by Gasteiger charge is -2.25. The van der Waals surface area contributed by atoms with Gasteiger partial charge in [-0.3, -0.25) is 4.90 Å². The quantitative estimate of drug-likeness (QED) is 0.509. The molecule has 4 rings (SSSR count). The number of hydrogen-bond acceptors (Lipinski definition) is 3. The third-order valence-corrected chi connectivity index (χ3v) is 6.25. The molecule has 0 heterocycles. The van der Waals surface area contributed by atoms with Gasteiger partial charge >= 0.3 is 12.1 Å². The molecule has 164 valence electrons. The van der Waals surface area contributed by atoms with Crippen LogP contribution >= 0.6 is 11.6 Å². The number of aryl methyl sites for hydroxylation is 1. The maximum absolute atomic E-state index is 12.7. The number of likely N-dealkylation sites (N-methyl/N-ethyl adjacent to an activating group) is 1.